The topological polar surface area (TPSA) is 58.2 Å². The van der Waals surface area contributed by atoms with Gasteiger partial charge in [0.05, 0.1) is 42.2 Å². The summed E-state index contributed by atoms with van der Waals surface area (Å²) in [5, 5.41) is 0. The first-order valence-corrected chi connectivity index (χ1v) is 8.64. The van der Waals surface area contributed by atoms with Crippen LogP contribution in [0.2, 0.25) is 0 Å². The molecule has 0 saturated carbocycles. The fraction of sp³-hybridized carbons (Fsp3) is 0.200. The standard InChI is InChI=1S/C20H16F3N3O2/c1-11-19(18-14(22)8-13(9-15(18)23)28-6-2-5-21)26(20(11)27)12-3-4-16-17(7-12)25-10-24-16/h3-4,7-10,19H,1-2,5-6H2,(H,24,25)/t19-/m0/s1. The van der Waals surface area contributed by atoms with E-state index in [0.717, 1.165) is 17.6 Å². The molecule has 1 aliphatic rings. The van der Waals surface area contributed by atoms with E-state index in [-0.39, 0.29) is 29.9 Å². The van der Waals surface area contributed by atoms with Gasteiger partial charge in [-0.25, -0.2) is 13.8 Å². The number of fused-ring (bicyclic) bond motifs is 1. The number of rotatable bonds is 6. The molecule has 1 aliphatic heterocycles. The number of β-lactam (4-membered cyclic amide) rings is 1. The SMILES string of the molecule is C=C1C(=O)N(c2ccc3[nH]cnc3c2)[C@@H]1c1c(F)cc(OCCCF)cc1F. The molecule has 1 saturated heterocycles. The number of aromatic amines is 1. The lowest BCUT2D eigenvalue weighted by Crippen LogP contribution is -2.49. The first-order valence-electron chi connectivity index (χ1n) is 8.64. The largest absolute Gasteiger partial charge is 0.493 e. The van der Waals surface area contributed by atoms with Crippen molar-refractivity contribution in [3.05, 3.63) is 66.0 Å². The van der Waals surface area contributed by atoms with E-state index in [0.29, 0.717) is 11.2 Å². The van der Waals surface area contributed by atoms with Gasteiger partial charge in [0.2, 0.25) is 0 Å². The third kappa shape index (κ3) is 2.90. The van der Waals surface area contributed by atoms with Crippen molar-refractivity contribution in [2.24, 2.45) is 0 Å². The normalized spacial score (nSPS) is 16.5. The van der Waals surface area contributed by atoms with Crippen LogP contribution in [-0.4, -0.2) is 29.2 Å². The Hall–Kier alpha value is -3.29. The smallest absolute Gasteiger partial charge is 0.256 e. The number of H-pyrrole nitrogens is 1. The number of carbonyl (C=O) groups excluding carboxylic acids is 1. The molecule has 1 amide bonds. The summed E-state index contributed by atoms with van der Waals surface area (Å²) in [6, 6.07) is 6.15. The molecule has 0 radical (unpaired) electrons. The van der Waals surface area contributed by atoms with Crippen LogP contribution in [-0.2, 0) is 4.79 Å². The number of nitrogens with one attached hydrogen (secondary N) is 1. The fourth-order valence-corrected chi connectivity index (χ4v) is 3.27. The van der Waals surface area contributed by atoms with Crippen molar-refractivity contribution >= 4 is 22.6 Å². The zero-order valence-corrected chi connectivity index (χ0v) is 14.7. The molecular weight excluding hydrogens is 371 g/mol. The molecule has 1 atom stereocenters. The maximum Gasteiger partial charge on any atom is 0.256 e. The number of halogens is 3. The van der Waals surface area contributed by atoms with Crippen molar-refractivity contribution in [3.63, 3.8) is 0 Å². The van der Waals surface area contributed by atoms with E-state index >= 15 is 0 Å². The maximum absolute atomic E-state index is 14.7. The number of aromatic nitrogens is 2. The molecule has 1 N–H and O–H groups in total. The molecule has 144 valence electrons. The number of ether oxygens (including phenoxy) is 1. The Morgan fingerprint density at radius 3 is 2.68 bits per heavy atom. The average molecular weight is 387 g/mol. The number of nitrogens with zero attached hydrogens (tertiary/aromatic N) is 2. The quantitative estimate of drug-likeness (QED) is 0.391. The maximum atomic E-state index is 14.7. The summed E-state index contributed by atoms with van der Waals surface area (Å²) in [4.78, 5) is 20.7. The van der Waals surface area contributed by atoms with Crippen molar-refractivity contribution in [1.29, 1.82) is 0 Å². The number of alkyl halides is 1. The molecule has 28 heavy (non-hydrogen) atoms. The lowest BCUT2D eigenvalue weighted by Gasteiger charge is -2.42. The highest BCUT2D eigenvalue weighted by atomic mass is 19.1. The van der Waals surface area contributed by atoms with Gasteiger partial charge in [-0.3, -0.25) is 14.1 Å². The number of benzene rings is 2. The molecule has 0 bridgehead atoms. The average Bonchev–Trinajstić information content (AvgIpc) is 3.14. The Morgan fingerprint density at radius 1 is 1.21 bits per heavy atom. The molecule has 1 aromatic heterocycles. The number of hydrogen-bond acceptors (Lipinski definition) is 3. The Labute approximate surface area is 158 Å². The van der Waals surface area contributed by atoms with Gasteiger partial charge in [-0.2, -0.15) is 0 Å². The highest BCUT2D eigenvalue weighted by Gasteiger charge is 2.45. The minimum absolute atomic E-state index is 0.0130. The molecule has 2 heterocycles. The van der Waals surface area contributed by atoms with Crippen LogP contribution in [0.25, 0.3) is 11.0 Å². The van der Waals surface area contributed by atoms with E-state index in [1.807, 2.05) is 0 Å². The number of carbonyl (C=O) groups is 1. The predicted octanol–water partition coefficient (Wildman–Crippen LogP) is 4.22. The minimum Gasteiger partial charge on any atom is -0.493 e. The van der Waals surface area contributed by atoms with Gasteiger partial charge >= 0.3 is 0 Å². The summed E-state index contributed by atoms with van der Waals surface area (Å²) in [7, 11) is 0. The van der Waals surface area contributed by atoms with E-state index in [9.17, 15) is 18.0 Å². The summed E-state index contributed by atoms with van der Waals surface area (Å²) < 4.78 is 46.7. The second-order valence-electron chi connectivity index (χ2n) is 6.40. The molecule has 4 rings (SSSR count). The second kappa shape index (κ2) is 7.03. The van der Waals surface area contributed by atoms with Crippen molar-refractivity contribution in [1.82, 2.24) is 9.97 Å². The van der Waals surface area contributed by atoms with Gasteiger partial charge in [-0.15, -0.1) is 0 Å². The van der Waals surface area contributed by atoms with Crippen LogP contribution in [0.4, 0.5) is 18.9 Å². The van der Waals surface area contributed by atoms with Crippen molar-refractivity contribution in [2.45, 2.75) is 12.5 Å². The van der Waals surface area contributed by atoms with E-state index in [2.05, 4.69) is 16.5 Å². The lowest BCUT2D eigenvalue weighted by atomic mass is 9.87. The predicted molar refractivity (Wildman–Crippen MR) is 97.9 cm³/mol. The molecule has 8 heteroatoms. The molecule has 5 nitrogen and oxygen atoms in total. The second-order valence-corrected chi connectivity index (χ2v) is 6.40. The summed E-state index contributed by atoms with van der Waals surface area (Å²) in [5.74, 6) is -2.17. The van der Waals surface area contributed by atoms with Crippen LogP contribution >= 0.6 is 0 Å². The summed E-state index contributed by atoms with van der Waals surface area (Å²) in [5.41, 5.74) is 1.66. The highest BCUT2D eigenvalue weighted by molar-refractivity contribution is 6.15. The van der Waals surface area contributed by atoms with Gasteiger partial charge in [0.25, 0.3) is 5.91 Å². The Morgan fingerprint density at radius 2 is 1.96 bits per heavy atom. The zero-order chi connectivity index (χ0) is 19.8. The van der Waals surface area contributed by atoms with Gasteiger partial charge in [0, 0.05) is 29.8 Å². The van der Waals surface area contributed by atoms with Crippen LogP contribution < -0.4 is 9.64 Å². The molecule has 2 aromatic carbocycles. The van der Waals surface area contributed by atoms with E-state index in [4.69, 9.17) is 4.74 Å². The highest BCUT2D eigenvalue weighted by Crippen LogP contribution is 2.45. The third-order valence-electron chi connectivity index (χ3n) is 4.64. The fourth-order valence-electron chi connectivity index (χ4n) is 3.27. The number of anilines is 1. The van der Waals surface area contributed by atoms with Crippen LogP contribution in [0.15, 0.2) is 48.8 Å². The van der Waals surface area contributed by atoms with Crippen LogP contribution in [0.3, 0.4) is 0 Å². The van der Waals surface area contributed by atoms with Crippen molar-refractivity contribution in [3.8, 4) is 5.75 Å². The third-order valence-corrected chi connectivity index (χ3v) is 4.64. The summed E-state index contributed by atoms with van der Waals surface area (Å²) in [6.07, 6.45) is 1.64. The number of imidazole rings is 1. The first-order chi connectivity index (χ1) is 13.5. The van der Waals surface area contributed by atoms with Gasteiger partial charge in [-0.05, 0) is 18.2 Å². The molecule has 0 unspecified atom stereocenters. The Bertz CT molecular complexity index is 1060. The van der Waals surface area contributed by atoms with Gasteiger partial charge in [-0.1, -0.05) is 6.58 Å². The first kappa shape index (κ1) is 18.1. The zero-order valence-electron chi connectivity index (χ0n) is 14.7. The Kier molecular flexibility index (Phi) is 4.54. The van der Waals surface area contributed by atoms with E-state index < -0.39 is 30.3 Å². The summed E-state index contributed by atoms with van der Waals surface area (Å²) in [6.45, 7) is 3.11. The van der Waals surface area contributed by atoms with Gasteiger partial charge in [0.1, 0.15) is 17.4 Å². The summed E-state index contributed by atoms with van der Waals surface area (Å²) >= 11 is 0. The number of amides is 1. The number of hydrogen-bond donors (Lipinski definition) is 1. The van der Waals surface area contributed by atoms with Crippen LogP contribution in [0.5, 0.6) is 5.75 Å². The molecule has 0 spiro atoms. The van der Waals surface area contributed by atoms with E-state index in [1.54, 1.807) is 18.2 Å². The monoisotopic (exact) mass is 387 g/mol. The minimum atomic E-state index is -0.969. The molecule has 0 aliphatic carbocycles. The van der Waals surface area contributed by atoms with Gasteiger partial charge in [0.15, 0.2) is 0 Å². The molecular formula is C20H16F3N3O2. The van der Waals surface area contributed by atoms with E-state index in [1.165, 1.54) is 11.2 Å². The molecule has 1 fully saturated rings. The van der Waals surface area contributed by atoms with Crippen LogP contribution in [0, 0.1) is 11.6 Å². The van der Waals surface area contributed by atoms with Crippen molar-refractivity contribution < 1.29 is 22.7 Å². The molecule has 3 aromatic rings. The van der Waals surface area contributed by atoms with Crippen LogP contribution in [0.1, 0.15) is 18.0 Å². The van der Waals surface area contributed by atoms with Crippen molar-refractivity contribution in [2.75, 3.05) is 18.2 Å². The van der Waals surface area contributed by atoms with Gasteiger partial charge < -0.3 is 9.72 Å². The Balaban J connectivity index is 1.68. The lowest BCUT2D eigenvalue weighted by molar-refractivity contribution is -0.119.